The van der Waals surface area contributed by atoms with E-state index >= 15 is 0 Å². The summed E-state index contributed by atoms with van der Waals surface area (Å²) in [5, 5.41) is 15.0. The monoisotopic (exact) mass is 472 g/mol. The molecule has 10 nitrogen and oxygen atoms in total. The number of ether oxygens (including phenoxy) is 1. The van der Waals surface area contributed by atoms with Gasteiger partial charge in [-0.05, 0) is 68.6 Å². The molecule has 1 unspecified atom stereocenters. The van der Waals surface area contributed by atoms with Crippen LogP contribution in [0.3, 0.4) is 0 Å². The first-order valence-electron chi connectivity index (χ1n) is 11.2. The summed E-state index contributed by atoms with van der Waals surface area (Å²) in [7, 11) is 3.92. The van der Waals surface area contributed by atoms with Gasteiger partial charge in [0.25, 0.3) is 0 Å². The summed E-state index contributed by atoms with van der Waals surface area (Å²) in [4.78, 5) is 23.0. The molecule has 0 aliphatic heterocycles. The third kappa shape index (κ3) is 5.85. The molecule has 4 rings (SSSR count). The Morgan fingerprint density at radius 1 is 1.06 bits per heavy atom. The van der Waals surface area contributed by atoms with Gasteiger partial charge >= 0.3 is 6.09 Å². The molecule has 0 aliphatic carbocycles. The van der Waals surface area contributed by atoms with Gasteiger partial charge in [0, 0.05) is 12.3 Å². The molecule has 2 aromatic carbocycles. The smallest absolute Gasteiger partial charge is 0.410 e. The van der Waals surface area contributed by atoms with Gasteiger partial charge in [-0.1, -0.05) is 29.8 Å². The molecular weight excluding hydrogens is 444 g/mol. The zero-order chi connectivity index (χ0) is 24.9. The highest BCUT2D eigenvalue weighted by atomic mass is 16.6. The number of carbonyl (C=O) groups excluding carboxylic acids is 1. The molecule has 1 atom stereocenters. The van der Waals surface area contributed by atoms with E-state index in [9.17, 15) is 4.79 Å². The minimum absolute atomic E-state index is 0.0312. The Hall–Kier alpha value is -4.18. The normalized spacial score (nSPS) is 11.9. The molecule has 35 heavy (non-hydrogen) atoms. The summed E-state index contributed by atoms with van der Waals surface area (Å²) < 4.78 is 7.30. The molecule has 2 aromatic heterocycles. The standard InChI is InChI=1S/C25H28N8O2/c1-16-6-8-19(9-7-16)20-10-22(33-24(29-30-31-33)18(3)32(4)5)12-23(11-20)35-25(34)28-15-21-14-26-17(2)13-27-21/h6-14,18H,15H2,1-5H3,(H,28,34). The van der Waals surface area contributed by atoms with Gasteiger partial charge in [0.1, 0.15) is 5.75 Å². The zero-order valence-electron chi connectivity index (χ0n) is 20.4. The van der Waals surface area contributed by atoms with Crippen LogP contribution in [0.2, 0.25) is 0 Å². The molecule has 1 amide bonds. The van der Waals surface area contributed by atoms with Crippen LogP contribution in [-0.4, -0.2) is 55.3 Å². The Morgan fingerprint density at radius 3 is 2.51 bits per heavy atom. The topological polar surface area (TPSA) is 111 Å². The summed E-state index contributed by atoms with van der Waals surface area (Å²) in [5.41, 5.74) is 5.13. The van der Waals surface area contributed by atoms with Crippen molar-refractivity contribution in [2.45, 2.75) is 33.4 Å². The summed E-state index contributed by atoms with van der Waals surface area (Å²) in [6.07, 6.45) is 2.67. The van der Waals surface area contributed by atoms with Crippen LogP contribution >= 0.6 is 0 Å². The van der Waals surface area contributed by atoms with E-state index in [-0.39, 0.29) is 12.6 Å². The molecule has 0 spiro atoms. The van der Waals surface area contributed by atoms with Crippen LogP contribution in [0.25, 0.3) is 16.8 Å². The Morgan fingerprint density at radius 2 is 1.83 bits per heavy atom. The van der Waals surface area contributed by atoms with Gasteiger partial charge < -0.3 is 10.1 Å². The molecule has 0 fully saturated rings. The van der Waals surface area contributed by atoms with Gasteiger partial charge in [-0.2, -0.15) is 4.68 Å². The van der Waals surface area contributed by atoms with E-state index in [1.165, 1.54) is 0 Å². The maximum absolute atomic E-state index is 12.6. The fourth-order valence-electron chi connectivity index (χ4n) is 3.36. The second-order valence-corrected chi connectivity index (χ2v) is 8.56. The quantitative estimate of drug-likeness (QED) is 0.434. The highest BCUT2D eigenvalue weighted by Gasteiger charge is 2.19. The summed E-state index contributed by atoms with van der Waals surface area (Å²) >= 11 is 0. The summed E-state index contributed by atoms with van der Waals surface area (Å²) in [6, 6.07) is 13.6. The molecule has 0 saturated carbocycles. The second-order valence-electron chi connectivity index (χ2n) is 8.56. The van der Waals surface area contributed by atoms with Crippen molar-refractivity contribution < 1.29 is 9.53 Å². The SMILES string of the molecule is Cc1ccc(-c2cc(OC(=O)NCc3cnc(C)cn3)cc(-n3nnnc3C(C)N(C)C)c2)cc1. The van der Waals surface area contributed by atoms with Crippen molar-refractivity contribution in [1.29, 1.82) is 0 Å². The molecule has 4 aromatic rings. The number of aryl methyl sites for hydroxylation is 2. The first kappa shape index (κ1) is 24.0. The zero-order valence-corrected chi connectivity index (χ0v) is 20.4. The minimum atomic E-state index is -0.599. The number of amides is 1. The van der Waals surface area contributed by atoms with Gasteiger partial charge in [0.15, 0.2) is 5.82 Å². The molecule has 0 saturated heterocycles. The molecule has 0 radical (unpaired) electrons. The van der Waals surface area contributed by atoms with E-state index in [2.05, 4.69) is 30.8 Å². The Labute approximate surface area is 204 Å². The summed E-state index contributed by atoms with van der Waals surface area (Å²) in [6.45, 7) is 6.11. The number of benzene rings is 2. The number of tetrazole rings is 1. The fourth-order valence-corrected chi connectivity index (χ4v) is 3.36. The lowest BCUT2D eigenvalue weighted by molar-refractivity contribution is 0.200. The average molecular weight is 473 g/mol. The number of aromatic nitrogens is 6. The van der Waals surface area contributed by atoms with Gasteiger partial charge in [0.05, 0.1) is 35.9 Å². The molecule has 1 N–H and O–H groups in total. The van der Waals surface area contributed by atoms with Gasteiger partial charge in [-0.15, -0.1) is 5.10 Å². The fraction of sp³-hybridized carbons (Fsp3) is 0.280. The van der Waals surface area contributed by atoms with E-state index in [1.54, 1.807) is 23.1 Å². The van der Waals surface area contributed by atoms with E-state index in [1.807, 2.05) is 76.2 Å². The van der Waals surface area contributed by atoms with Gasteiger partial charge in [-0.25, -0.2) is 4.79 Å². The molecule has 2 heterocycles. The lowest BCUT2D eigenvalue weighted by atomic mass is 10.0. The number of hydrogen-bond donors (Lipinski definition) is 1. The predicted octanol–water partition coefficient (Wildman–Crippen LogP) is 3.65. The maximum atomic E-state index is 12.6. The average Bonchev–Trinajstić information content (AvgIpc) is 3.33. The highest BCUT2D eigenvalue weighted by molar-refractivity contribution is 5.73. The van der Waals surface area contributed by atoms with Crippen LogP contribution < -0.4 is 10.1 Å². The number of nitrogens with zero attached hydrogens (tertiary/aromatic N) is 7. The van der Waals surface area contributed by atoms with Crippen LogP contribution in [0.5, 0.6) is 5.75 Å². The van der Waals surface area contributed by atoms with Crippen LogP contribution in [0, 0.1) is 13.8 Å². The number of hydrogen-bond acceptors (Lipinski definition) is 8. The molecular formula is C25H28N8O2. The lowest BCUT2D eigenvalue weighted by Gasteiger charge is -2.19. The maximum Gasteiger partial charge on any atom is 0.412 e. The van der Waals surface area contributed by atoms with Crippen LogP contribution in [-0.2, 0) is 6.54 Å². The molecule has 10 heteroatoms. The predicted molar refractivity (Wildman–Crippen MR) is 131 cm³/mol. The second kappa shape index (κ2) is 10.4. The number of nitrogens with one attached hydrogen (secondary N) is 1. The molecule has 180 valence electrons. The van der Waals surface area contributed by atoms with E-state index < -0.39 is 6.09 Å². The molecule has 0 aliphatic rings. The van der Waals surface area contributed by atoms with Crippen molar-refractivity contribution in [3.8, 4) is 22.6 Å². The Balaban J connectivity index is 1.64. The van der Waals surface area contributed by atoms with Gasteiger partial charge in [-0.3, -0.25) is 14.9 Å². The first-order valence-corrected chi connectivity index (χ1v) is 11.2. The van der Waals surface area contributed by atoms with Crippen LogP contribution in [0.4, 0.5) is 4.79 Å². The van der Waals surface area contributed by atoms with Crippen molar-refractivity contribution in [2.24, 2.45) is 0 Å². The van der Waals surface area contributed by atoms with Crippen molar-refractivity contribution in [2.75, 3.05) is 14.1 Å². The number of rotatable bonds is 7. The van der Waals surface area contributed by atoms with E-state index in [0.29, 0.717) is 23.0 Å². The van der Waals surface area contributed by atoms with Crippen molar-refractivity contribution in [3.05, 3.63) is 77.6 Å². The van der Waals surface area contributed by atoms with Crippen molar-refractivity contribution in [3.63, 3.8) is 0 Å². The van der Waals surface area contributed by atoms with E-state index in [0.717, 1.165) is 22.4 Å². The Kier molecular flexibility index (Phi) is 7.11. The minimum Gasteiger partial charge on any atom is -0.410 e. The van der Waals surface area contributed by atoms with Crippen molar-refractivity contribution in [1.82, 2.24) is 40.4 Å². The van der Waals surface area contributed by atoms with Crippen molar-refractivity contribution >= 4 is 6.09 Å². The third-order valence-electron chi connectivity index (χ3n) is 5.62. The summed E-state index contributed by atoms with van der Waals surface area (Å²) in [5.74, 6) is 1.04. The first-order chi connectivity index (χ1) is 16.8. The van der Waals surface area contributed by atoms with Crippen LogP contribution in [0.15, 0.2) is 54.9 Å². The van der Waals surface area contributed by atoms with Gasteiger partial charge in [0.2, 0.25) is 0 Å². The number of carbonyl (C=O) groups is 1. The highest BCUT2D eigenvalue weighted by Crippen LogP contribution is 2.29. The lowest BCUT2D eigenvalue weighted by Crippen LogP contribution is -2.26. The van der Waals surface area contributed by atoms with Crippen LogP contribution in [0.1, 0.15) is 35.7 Å². The molecule has 0 bridgehead atoms. The van der Waals surface area contributed by atoms with E-state index in [4.69, 9.17) is 4.74 Å². The third-order valence-corrected chi connectivity index (χ3v) is 5.62. The Bertz CT molecular complexity index is 1300. The largest absolute Gasteiger partial charge is 0.412 e.